The molecule has 0 aromatic carbocycles. The van der Waals surface area contributed by atoms with Gasteiger partial charge in [-0.05, 0) is 26.0 Å². The van der Waals surface area contributed by atoms with Crippen LogP contribution in [0.3, 0.4) is 0 Å². The van der Waals surface area contributed by atoms with Crippen molar-refractivity contribution in [1.29, 1.82) is 0 Å². The first-order chi connectivity index (χ1) is 8.61. The van der Waals surface area contributed by atoms with Crippen molar-refractivity contribution in [1.82, 2.24) is 4.90 Å². The molecule has 4 atom stereocenters. The van der Waals surface area contributed by atoms with E-state index < -0.39 is 0 Å². The summed E-state index contributed by atoms with van der Waals surface area (Å²) in [5.41, 5.74) is 0. The lowest BCUT2D eigenvalue weighted by Crippen LogP contribution is -2.45. The molecule has 18 heavy (non-hydrogen) atoms. The van der Waals surface area contributed by atoms with E-state index in [2.05, 4.69) is 0 Å². The summed E-state index contributed by atoms with van der Waals surface area (Å²) < 4.78 is 0. The number of hydrogen-bond acceptors (Lipinski definition) is 4. The molecule has 5 heteroatoms. The minimum atomic E-state index is -0.240. The summed E-state index contributed by atoms with van der Waals surface area (Å²) in [6, 6.07) is -0.240. The van der Waals surface area contributed by atoms with Crippen molar-refractivity contribution in [3.8, 4) is 0 Å². The van der Waals surface area contributed by atoms with E-state index in [9.17, 15) is 14.7 Å². The van der Waals surface area contributed by atoms with Crippen molar-refractivity contribution in [2.75, 3.05) is 12.9 Å². The second kappa shape index (κ2) is 5.45. The van der Waals surface area contributed by atoms with Crippen LogP contribution < -0.4 is 0 Å². The molecule has 0 bridgehead atoms. The highest BCUT2D eigenvalue weighted by Gasteiger charge is 2.49. The predicted octanol–water partition coefficient (Wildman–Crippen LogP) is 1.05. The van der Waals surface area contributed by atoms with Gasteiger partial charge >= 0.3 is 0 Å². The van der Waals surface area contributed by atoms with Crippen molar-refractivity contribution < 1.29 is 14.7 Å². The Balaban J connectivity index is 2.19. The molecule has 0 saturated carbocycles. The average Bonchev–Trinajstić information content (AvgIpc) is 2.64. The second-order valence-electron chi connectivity index (χ2n) is 4.90. The van der Waals surface area contributed by atoms with Gasteiger partial charge in [-0.1, -0.05) is 12.2 Å². The topological polar surface area (TPSA) is 57.6 Å². The molecule has 0 aromatic rings. The molecule has 4 unspecified atom stereocenters. The third kappa shape index (κ3) is 2.10. The van der Waals surface area contributed by atoms with Crippen LogP contribution in [0.4, 0.5) is 0 Å². The van der Waals surface area contributed by atoms with Crippen molar-refractivity contribution in [2.24, 2.45) is 11.8 Å². The zero-order chi connectivity index (χ0) is 13.3. The molecular weight excluding hydrogens is 250 g/mol. The highest BCUT2D eigenvalue weighted by atomic mass is 32.2. The van der Waals surface area contributed by atoms with Gasteiger partial charge in [0.15, 0.2) is 0 Å². The zero-order valence-electron chi connectivity index (χ0n) is 10.7. The number of thioether (sulfide) groups is 1. The number of rotatable bonds is 4. The summed E-state index contributed by atoms with van der Waals surface area (Å²) in [6.45, 7) is 1.82. The Morgan fingerprint density at radius 2 is 1.83 bits per heavy atom. The summed E-state index contributed by atoms with van der Waals surface area (Å²) in [7, 11) is 0. The molecule has 100 valence electrons. The molecule has 1 N–H and O–H groups in total. The van der Waals surface area contributed by atoms with Gasteiger partial charge in [0, 0.05) is 5.25 Å². The van der Waals surface area contributed by atoms with E-state index in [0.29, 0.717) is 12.8 Å². The maximum absolute atomic E-state index is 12.3. The first kappa shape index (κ1) is 13.6. The quantitative estimate of drug-likeness (QED) is 0.612. The fourth-order valence-electron chi connectivity index (χ4n) is 2.82. The smallest absolute Gasteiger partial charge is 0.233 e. The van der Waals surface area contributed by atoms with Crippen LogP contribution in [0.2, 0.25) is 0 Å². The first-order valence-electron chi connectivity index (χ1n) is 6.27. The molecule has 1 saturated heterocycles. The molecule has 0 spiro atoms. The van der Waals surface area contributed by atoms with Crippen LogP contribution in [0.5, 0.6) is 0 Å². The lowest BCUT2D eigenvalue weighted by molar-refractivity contribution is -0.142. The molecule has 0 aromatic heterocycles. The largest absolute Gasteiger partial charge is 0.395 e. The van der Waals surface area contributed by atoms with Gasteiger partial charge in [0.25, 0.3) is 0 Å². The van der Waals surface area contributed by atoms with Gasteiger partial charge < -0.3 is 5.11 Å². The average molecular weight is 269 g/mol. The van der Waals surface area contributed by atoms with E-state index in [4.69, 9.17) is 0 Å². The van der Waals surface area contributed by atoms with Crippen LogP contribution in [0, 0.1) is 11.8 Å². The Morgan fingerprint density at radius 3 is 2.22 bits per heavy atom. The lowest BCUT2D eigenvalue weighted by atomic mass is 9.85. The number of aliphatic hydroxyl groups excluding tert-OH is 1. The number of likely N-dealkylation sites (tertiary alicyclic amines) is 1. The Bertz CT molecular complexity index is 352. The number of carbonyl (C=O) groups is 2. The van der Waals surface area contributed by atoms with E-state index in [1.54, 1.807) is 0 Å². The summed E-state index contributed by atoms with van der Waals surface area (Å²) in [5, 5.41) is 9.20. The van der Waals surface area contributed by atoms with Crippen LogP contribution in [-0.2, 0) is 9.59 Å². The molecule has 1 heterocycles. The number of allylic oxidation sites excluding steroid dienone is 2. The van der Waals surface area contributed by atoms with Gasteiger partial charge in [0.2, 0.25) is 11.8 Å². The highest BCUT2D eigenvalue weighted by Crippen LogP contribution is 2.37. The minimum absolute atomic E-state index is 0.0209. The molecule has 0 radical (unpaired) electrons. The number of aliphatic hydroxyl groups is 1. The van der Waals surface area contributed by atoms with E-state index in [1.165, 1.54) is 16.7 Å². The van der Waals surface area contributed by atoms with Crippen molar-refractivity contribution in [3.05, 3.63) is 12.2 Å². The molecule has 1 fully saturated rings. The van der Waals surface area contributed by atoms with Crippen LogP contribution in [-0.4, -0.2) is 46.0 Å². The molecular formula is C13H19NO3S. The number of fused-ring (bicyclic) bond motifs is 1. The van der Waals surface area contributed by atoms with Gasteiger partial charge in [-0.25, -0.2) is 0 Å². The van der Waals surface area contributed by atoms with E-state index >= 15 is 0 Å². The first-order valence-corrected chi connectivity index (χ1v) is 7.56. The van der Waals surface area contributed by atoms with Gasteiger partial charge in [0.1, 0.15) is 0 Å². The van der Waals surface area contributed by atoms with Gasteiger partial charge in [-0.2, -0.15) is 11.8 Å². The maximum Gasteiger partial charge on any atom is 0.233 e. The number of hydrogen-bond donors (Lipinski definition) is 1. The zero-order valence-corrected chi connectivity index (χ0v) is 11.5. The minimum Gasteiger partial charge on any atom is -0.395 e. The monoisotopic (exact) mass is 269 g/mol. The highest BCUT2D eigenvalue weighted by molar-refractivity contribution is 7.99. The lowest BCUT2D eigenvalue weighted by Gasteiger charge is -2.28. The fraction of sp³-hybridized carbons (Fsp3) is 0.692. The molecule has 2 rings (SSSR count). The van der Waals surface area contributed by atoms with E-state index in [1.807, 2.05) is 25.3 Å². The van der Waals surface area contributed by atoms with Crippen molar-refractivity contribution in [2.45, 2.75) is 31.1 Å². The number of amides is 2. The molecule has 1 aliphatic carbocycles. The summed E-state index contributed by atoms with van der Waals surface area (Å²) in [4.78, 5) is 26.0. The van der Waals surface area contributed by atoms with Crippen LogP contribution in [0.1, 0.15) is 19.8 Å². The molecule has 1 aliphatic heterocycles. The van der Waals surface area contributed by atoms with E-state index in [0.717, 1.165) is 0 Å². The Labute approximate surface area is 111 Å². The van der Waals surface area contributed by atoms with Crippen LogP contribution >= 0.6 is 11.8 Å². The number of carbonyl (C=O) groups excluding carboxylic acids is 2. The Hall–Kier alpha value is -0.810. The molecule has 4 nitrogen and oxygen atoms in total. The van der Waals surface area contributed by atoms with Crippen molar-refractivity contribution in [3.63, 3.8) is 0 Å². The molecule has 2 amide bonds. The normalized spacial score (nSPS) is 30.5. The third-order valence-electron chi connectivity index (χ3n) is 3.97. The summed E-state index contributed by atoms with van der Waals surface area (Å²) in [5.74, 6) is -0.471. The van der Waals surface area contributed by atoms with Gasteiger partial charge in [0.05, 0.1) is 24.5 Å². The SMILES string of the molecule is CSC(CO)C(C)N1C(=O)C2CC=CCC2C1=O. The predicted molar refractivity (Wildman–Crippen MR) is 71.1 cm³/mol. The standard InChI is InChI=1S/C13H19NO3S/c1-8(11(7-15)18-2)14-12(16)9-5-3-4-6-10(9)13(14)17/h3-4,8-11,15H,5-7H2,1-2H3. The van der Waals surface area contributed by atoms with E-state index in [-0.39, 0.29) is 41.5 Å². The Morgan fingerprint density at radius 1 is 1.33 bits per heavy atom. The summed E-state index contributed by atoms with van der Waals surface area (Å²) in [6.07, 6.45) is 7.19. The maximum atomic E-state index is 12.3. The molecule has 2 aliphatic rings. The Kier molecular flexibility index (Phi) is 4.12. The van der Waals surface area contributed by atoms with Crippen LogP contribution in [0.25, 0.3) is 0 Å². The number of nitrogens with zero attached hydrogens (tertiary/aromatic N) is 1. The van der Waals surface area contributed by atoms with Gasteiger partial charge in [-0.3, -0.25) is 14.5 Å². The third-order valence-corrected chi connectivity index (χ3v) is 5.12. The summed E-state index contributed by atoms with van der Waals surface area (Å²) >= 11 is 1.49. The number of imide groups is 1. The second-order valence-corrected chi connectivity index (χ2v) is 5.98. The van der Waals surface area contributed by atoms with Crippen molar-refractivity contribution >= 4 is 23.6 Å². The van der Waals surface area contributed by atoms with Gasteiger partial charge in [-0.15, -0.1) is 0 Å². The fourth-order valence-corrected chi connectivity index (χ4v) is 3.48. The van der Waals surface area contributed by atoms with Crippen LogP contribution in [0.15, 0.2) is 12.2 Å².